The van der Waals surface area contributed by atoms with Gasteiger partial charge >= 0.3 is 0 Å². The largest absolute Gasteiger partial charge is 0.329 e. The van der Waals surface area contributed by atoms with Crippen molar-refractivity contribution in [1.29, 1.82) is 0 Å². The van der Waals surface area contributed by atoms with Gasteiger partial charge in [0, 0.05) is 30.5 Å². The maximum atomic E-state index is 6.05. The van der Waals surface area contributed by atoms with Gasteiger partial charge in [-0.3, -0.25) is 4.98 Å². The molecule has 3 N–H and O–H groups in total. The summed E-state index contributed by atoms with van der Waals surface area (Å²) >= 11 is 0. The highest BCUT2D eigenvalue weighted by Gasteiger charge is 2.51. The summed E-state index contributed by atoms with van der Waals surface area (Å²) in [6.45, 7) is 0.672. The smallest absolute Gasteiger partial charge is 0.0449 e. The maximum Gasteiger partial charge on any atom is 0.0449 e. The Labute approximate surface area is 121 Å². The Balaban J connectivity index is 1.55. The second-order valence-electron chi connectivity index (χ2n) is 7.41. The molecule has 1 aromatic rings. The molecular formula is C17H25N3. The van der Waals surface area contributed by atoms with Crippen molar-refractivity contribution in [3.8, 4) is 0 Å². The van der Waals surface area contributed by atoms with Crippen LogP contribution < -0.4 is 11.1 Å². The van der Waals surface area contributed by atoms with Gasteiger partial charge in [-0.1, -0.05) is 0 Å². The highest BCUT2D eigenvalue weighted by Crippen LogP contribution is 2.56. The van der Waals surface area contributed by atoms with Gasteiger partial charge in [0.25, 0.3) is 0 Å². The maximum absolute atomic E-state index is 6.05. The van der Waals surface area contributed by atoms with Crippen molar-refractivity contribution in [3.63, 3.8) is 0 Å². The molecule has 4 bridgehead atoms. The lowest BCUT2D eigenvalue weighted by Crippen LogP contribution is -2.59. The molecular weight excluding hydrogens is 246 g/mol. The van der Waals surface area contributed by atoms with Crippen molar-refractivity contribution >= 4 is 0 Å². The van der Waals surface area contributed by atoms with E-state index >= 15 is 0 Å². The summed E-state index contributed by atoms with van der Waals surface area (Å²) < 4.78 is 0. The number of hydrogen-bond donors (Lipinski definition) is 2. The van der Waals surface area contributed by atoms with E-state index in [1.165, 1.54) is 44.1 Å². The zero-order chi connectivity index (χ0) is 13.6. The van der Waals surface area contributed by atoms with Crippen molar-refractivity contribution in [1.82, 2.24) is 10.3 Å². The summed E-state index contributed by atoms with van der Waals surface area (Å²) in [5.74, 6) is 2.93. The van der Waals surface area contributed by atoms with Gasteiger partial charge in [0.1, 0.15) is 0 Å². The normalized spacial score (nSPS) is 40.0. The lowest BCUT2D eigenvalue weighted by atomic mass is 9.53. The molecule has 0 amide bonds. The summed E-state index contributed by atoms with van der Waals surface area (Å²) in [6, 6.07) is 4.49. The fourth-order valence-corrected chi connectivity index (χ4v) is 5.53. The summed E-state index contributed by atoms with van der Waals surface area (Å²) in [4.78, 5) is 4.12. The molecule has 4 aliphatic rings. The van der Waals surface area contributed by atoms with Crippen LogP contribution in [0.3, 0.4) is 0 Å². The van der Waals surface area contributed by atoms with Crippen LogP contribution in [-0.4, -0.2) is 17.1 Å². The van der Waals surface area contributed by atoms with Crippen LogP contribution in [0.1, 0.15) is 50.1 Å². The first-order valence-corrected chi connectivity index (χ1v) is 8.14. The number of pyridine rings is 1. The molecule has 4 aliphatic carbocycles. The molecule has 0 saturated heterocycles. The third-order valence-electron chi connectivity index (χ3n) is 5.86. The van der Waals surface area contributed by atoms with E-state index in [2.05, 4.69) is 22.4 Å². The van der Waals surface area contributed by atoms with Crippen LogP contribution >= 0.6 is 0 Å². The van der Waals surface area contributed by atoms with Gasteiger partial charge < -0.3 is 11.1 Å². The molecule has 4 saturated carbocycles. The number of nitrogens with one attached hydrogen (secondary N) is 1. The number of aromatic nitrogens is 1. The van der Waals surface area contributed by atoms with Crippen molar-refractivity contribution in [3.05, 3.63) is 30.1 Å². The van der Waals surface area contributed by atoms with E-state index in [1.807, 2.05) is 12.4 Å². The molecule has 108 valence electrons. The van der Waals surface area contributed by atoms with Gasteiger partial charge in [-0.05, 0) is 74.0 Å². The van der Waals surface area contributed by atoms with E-state index in [4.69, 9.17) is 5.73 Å². The topological polar surface area (TPSA) is 50.9 Å². The van der Waals surface area contributed by atoms with Crippen LogP contribution in [0.15, 0.2) is 24.5 Å². The zero-order valence-corrected chi connectivity index (χ0v) is 12.1. The van der Waals surface area contributed by atoms with Gasteiger partial charge in [0.2, 0.25) is 0 Å². The van der Waals surface area contributed by atoms with Crippen LogP contribution in [0.25, 0.3) is 0 Å². The van der Waals surface area contributed by atoms with Gasteiger partial charge in [0.05, 0.1) is 0 Å². The summed E-state index contributed by atoms with van der Waals surface area (Å²) in [6.07, 6.45) is 12.3. The molecule has 1 atom stereocenters. The Morgan fingerprint density at radius 1 is 1.10 bits per heavy atom. The number of nitrogens with zero attached hydrogens (tertiary/aromatic N) is 1. The Hall–Kier alpha value is -0.930. The summed E-state index contributed by atoms with van der Waals surface area (Å²) in [5, 5.41) is 3.97. The second-order valence-corrected chi connectivity index (χ2v) is 7.41. The molecule has 0 spiro atoms. The van der Waals surface area contributed by atoms with Crippen molar-refractivity contribution in [2.75, 3.05) is 6.54 Å². The fraction of sp³-hybridized carbons (Fsp3) is 0.706. The SMILES string of the molecule is NCC(NC12CC3CC(CC(C3)C1)C2)c1ccncc1. The summed E-state index contributed by atoms with van der Waals surface area (Å²) in [7, 11) is 0. The number of nitrogens with two attached hydrogens (primary N) is 1. The van der Waals surface area contributed by atoms with Gasteiger partial charge in [0.15, 0.2) is 0 Å². The van der Waals surface area contributed by atoms with Crippen molar-refractivity contribution in [2.24, 2.45) is 23.5 Å². The van der Waals surface area contributed by atoms with Crippen LogP contribution in [0.4, 0.5) is 0 Å². The van der Waals surface area contributed by atoms with E-state index in [-0.39, 0.29) is 6.04 Å². The van der Waals surface area contributed by atoms with E-state index in [0.29, 0.717) is 12.1 Å². The molecule has 4 fully saturated rings. The Kier molecular flexibility index (Phi) is 3.08. The number of hydrogen-bond acceptors (Lipinski definition) is 3. The highest BCUT2D eigenvalue weighted by molar-refractivity contribution is 5.18. The minimum absolute atomic E-state index is 0.286. The third-order valence-corrected chi connectivity index (χ3v) is 5.86. The van der Waals surface area contributed by atoms with E-state index in [0.717, 1.165) is 17.8 Å². The minimum atomic E-state index is 0.286. The van der Waals surface area contributed by atoms with Gasteiger partial charge in [-0.25, -0.2) is 0 Å². The molecule has 1 heterocycles. The Morgan fingerprint density at radius 2 is 1.65 bits per heavy atom. The minimum Gasteiger partial charge on any atom is -0.329 e. The first-order chi connectivity index (χ1) is 9.76. The van der Waals surface area contributed by atoms with E-state index in [1.54, 1.807) is 0 Å². The first kappa shape index (κ1) is 12.8. The lowest BCUT2D eigenvalue weighted by molar-refractivity contribution is -0.0250. The Bertz CT molecular complexity index is 435. The third kappa shape index (κ3) is 2.17. The standard InChI is InChI=1S/C17H25N3/c18-11-16(15-1-3-19-4-2-15)20-17-8-12-5-13(9-17)7-14(6-12)10-17/h1-4,12-14,16,20H,5-11,18H2. The molecule has 0 aliphatic heterocycles. The molecule has 3 heteroatoms. The van der Waals surface area contributed by atoms with Crippen LogP contribution in [0.2, 0.25) is 0 Å². The predicted octanol–water partition coefficient (Wildman–Crippen LogP) is 2.64. The fourth-order valence-electron chi connectivity index (χ4n) is 5.53. The second kappa shape index (κ2) is 4.81. The molecule has 20 heavy (non-hydrogen) atoms. The van der Waals surface area contributed by atoms with E-state index < -0.39 is 0 Å². The van der Waals surface area contributed by atoms with Crippen LogP contribution in [-0.2, 0) is 0 Å². The van der Waals surface area contributed by atoms with Crippen molar-refractivity contribution in [2.45, 2.75) is 50.1 Å². The van der Waals surface area contributed by atoms with E-state index in [9.17, 15) is 0 Å². The monoisotopic (exact) mass is 271 g/mol. The lowest BCUT2D eigenvalue weighted by Gasteiger charge is -2.58. The molecule has 5 rings (SSSR count). The highest BCUT2D eigenvalue weighted by atomic mass is 15.0. The molecule has 1 unspecified atom stereocenters. The summed E-state index contributed by atoms with van der Waals surface area (Å²) in [5.41, 5.74) is 7.72. The quantitative estimate of drug-likeness (QED) is 0.885. The van der Waals surface area contributed by atoms with Gasteiger partial charge in [-0.2, -0.15) is 0 Å². The van der Waals surface area contributed by atoms with Gasteiger partial charge in [-0.15, -0.1) is 0 Å². The average Bonchev–Trinajstić information content (AvgIpc) is 2.44. The zero-order valence-electron chi connectivity index (χ0n) is 12.1. The molecule has 1 aromatic heterocycles. The predicted molar refractivity (Wildman–Crippen MR) is 80.1 cm³/mol. The van der Waals surface area contributed by atoms with Crippen LogP contribution in [0.5, 0.6) is 0 Å². The Morgan fingerprint density at radius 3 is 2.15 bits per heavy atom. The van der Waals surface area contributed by atoms with Crippen molar-refractivity contribution < 1.29 is 0 Å². The molecule has 3 nitrogen and oxygen atoms in total. The molecule has 0 aromatic carbocycles. The average molecular weight is 271 g/mol. The number of rotatable bonds is 4. The van der Waals surface area contributed by atoms with Crippen LogP contribution in [0, 0.1) is 17.8 Å². The first-order valence-electron chi connectivity index (χ1n) is 8.14. The molecule has 0 radical (unpaired) electrons.